The molecule has 2 amide bonds. The van der Waals surface area contributed by atoms with Crippen LogP contribution < -0.4 is 10.6 Å². The van der Waals surface area contributed by atoms with Gasteiger partial charge < -0.3 is 10.6 Å². The van der Waals surface area contributed by atoms with Gasteiger partial charge in [0.1, 0.15) is 0 Å². The van der Waals surface area contributed by atoms with Gasteiger partial charge in [0.25, 0.3) is 0 Å². The highest BCUT2D eigenvalue weighted by Gasteiger charge is 2.48. The lowest BCUT2D eigenvalue weighted by Crippen LogP contribution is -2.37. The average molecular weight is 336 g/mol. The minimum Gasteiger partial charge on any atom is -0.352 e. The van der Waals surface area contributed by atoms with Crippen molar-refractivity contribution < 1.29 is 18.0 Å². The Kier molecular flexibility index (Phi) is 4.14. The largest absolute Gasteiger partial charge is 0.352 e. The van der Waals surface area contributed by atoms with E-state index in [1.807, 2.05) is 31.2 Å². The van der Waals surface area contributed by atoms with Crippen molar-refractivity contribution in [2.45, 2.75) is 25.8 Å². The fourth-order valence-electron chi connectivity index (χ4n) is 2.93. The molecule has 2 N–H and O–H groups in total. The van der Waals surface area contributed by atoms with E-state index in [9.17, 15) is 18.0 Å². The zero-order chi connectivity index (χ0) is 16.6. The molecule has 2 aliphatic rings. The van der Waals surface area contributed by atoms with E-state index in [1.165, 1.54) is 0 Å². The minimum atomic E-state index is -3.02. The summed E-state index contributed by atoms with van der Waals surface area (Å²) in [7, 11) is -3.02. The standard InChI is InChI=1S/C16H20N2O4S/c1-10-4-2-3-5-14(10)18-16(20)13-8-12(13)15(19)17-11-6-7-23(21,22)9-11/h2-5,11-13H,6-9H2,1H3,(H,17,19)(H,18,20). The van der Waals surface area contributed by atoms with Gasteiger partial charge in [0.2, 0.25) is 11.8 Å². The maximum absolute atomic E-state index is 12.2. The van der Waals surface area contributed by atoms with Crippen LogP contribution in [0.5, 0.6) is 0 Å². The molecule has 3 unspecified atom stereocenters. The van der Waals surface area contributed by atoms with Gasteiger partial charge in [0, 0.05) is 11.7 Å². The molecule has 0 spiro atoms. The second kappa shape index (κ2) is 5.96. The van der Waals surface area contributed by atoms with Crippen LogP contribution in [-0.4, -0.2) is 37.8 Å². The van der Waals surface area contributed by atoms with E-state index in [1.54, 1.807) is 0 Å². The topological polar surface area (TPSA) is 92.3 Å². The van der Waals surface area contributed by atoms with Crippen molar-refractivity contribution in [1.29, 1.82) is 0 Å². The van der Waals surface area contributed by atoms with Crippen LogP contribution >= 0.6 is 0 Å². The van der Waals surface area contributed by atoms with E-state index >= 15 is 0 Å². The summed E-state index contributed by atoms with van der Waals surface area (Å²) in [5.41, 5.74) is 1.73. The van der Waals surface area contributed by atoms with Crippen molar-refractivity contribution in [3.8, 4) is 0 Å². The number of hydrogen-bond acceptors (Lipinski definition) is 4. The van der Waals surface area contributed by atoms with Crippen molar-refractivity contribution in [3.05, 3.63) is 29.8 Å². The Morgan fingerprint density at radius 3 is 2.48 bits per heavy atom. The number of anilines is 1. The number of nitrogens with one attached hydrogen (secondary N) is 2. The van der Waals surface area contributed by atoms with Gasteiger partial charge in [-0.15, -0.1) is 0 Å². The van der Waals surface area contributed by atoms with Gasteiger partial charge in [-0.1, -0.05) is 18.2 Å². The fourth-order valence-corrected chi connectivity index (χ4v) is 4.60. The number of para-hydroxylation sites is 1. The normalized spacial score (nSPS) is 28.1. The molecule has 1 aromatic rings. The fraction of sp³-hybridized carbons (Fsp3) is 0.500. The first-order chi connectivity index (χ1) is 10.9. The second-order valence-corrected chi connectivity index (χ2v) is 8.59. The number of hydrogen-bond donors (Lipinski definition) is 2. The van der Waals surface area contributed by atoms with Crippen LogP contribution in [0.25, 0.3) is 0 Å². The highest BCUT2D eigenvalue weighted by atomic mass is 32.2. The maximum Gasteiger partial charge on any atom is 0.228 e. The van der Waals surface area contributed by atoms with E-state index in [-0.39, 0.29) is 41.2 Å². The van der Waals surface area contributed by atoms with Crippen LogP contribution in [0.2, 0.25) is 0 Å². The summed E-state index contributed by atoms with van der Waals surface area (Å²) >= 11 is 0. The summed E-state index contributed by atoms with van der Waals surface area (Å²) in [4.78, 5) is 24.3. The quantitative estimate of drug-likeness (QED) is 0.853. The molecule has 0 radical (unpaired) electrons. The molecule has 2 fully saturated rings. The molecule has 3 atom stereocenters. The van der Waals surface area contributed by atoms with Gasteiger partial charge in [-0.3, -0.25) is 9.59 Å². The molecule has 1 saturated carbocycles. The zero-order valence-electron chi connectivity index (χ0n) is 12.9. The summed E-state index contributed by atoms with van der Waals surface area (Å²) < 4.78 is 22.8. The second-order valence-electron chi connectivity index (χ2n) is 6.36. The maximum atomic E-state index is 12.2. The molecule has 1 aromatic carbocycles. The van der Waals surface area contributed by atoms with Gasteiger partial charge in [-0.2, -0.15) is 0 Å². The molecule has 7 heteroatoms. The summed E-state index contributed by atoms with van der Waals surface area (Å²) in [6.07, 6.45) is 0.976. The molecule has 23 heavy (non-hydrogen) atoms. The molecular weight excluding hydrogens is 316 g/mol. The van der Waals surface area contributed by atoms with Crippen molar-refractivity contribution in [1.82, 2.24) is 5.32 Å². The molecule has 0 aromatic heterocycles. The van der Waals surface area contributed by atoms with Gasteiger partial charge in [0.05, 0.1) is 23.3 Å². The molecule has 0 bridgehead atoms. The van der Waals surface area contributed by atoms with Gasteiger partial charge in [-0.25, -0.2) is 8.42 Å². The lowest BCUT2D eigenvalue weighted by atomic mass is 10.2. The first-order valence-corrected chi connectivity index (χ1v) is 9.55. The van der Waals surface area contributed by atoms with Crippen molar-refractivity contribution in [2.24, 2.45) is 11.8 Å². The molecule has 1 saturated heterocycles. The number of rotatable bonds is 4. The molecule has 1 aliphatic heterocycles. The summed E-state index contributed by atoms with van der Waals surface area (Å²) in [6, 6.07) is 7.17. The number of carbonyl (C=O) groups is 2. The van der Waals surface area contributed by atoms with Crippen molar-refractivity contribution in [3.63, 3.8) is 0 Å². The van der Waals surface area contributed by atoms with Crippen LogP contribution in [0.1, 0.15) is 18.4 Å². The Bertz CT molecular complexity index is 744. The number of sulfone groups is 1. The van der Waals surface area contributed by atoms with Crippen LogP contribution in [0, 0.1) is 18.8 Å². The smallest absolute Gasteiger partial charge is 0.228 e. The van der Waals surface area contributed by atoms with Gasteiger partial charge in [0.15, 0.2) is 9.84 Å². The van der Waals surface area contributed by atoms with E-state index in [0.29, 0.717) is 12.8 Å². The predicted molar refractivity (Wildman–Crippen MR) is 86.6 cm³/mol. The van der Waals surface area contributed by atoms with Crippen LogP contribution in [-0.2, 0) is 19.4 Å². The molecule has 6 nitrogen and oxygen atoms in total. The lowest BCUT2D eigenvalue weighted by molar-refractivity contribution is -0.125. The SMILES string of the molecule is Cc1ccccc1NC(=O)C1CC1C(=O)NC1CCS(=O)(=O)C1. The van der Waals surface area contributed by atoms with Crippen molar-refractivity contribution >= 4 is 27.3 Å². The summed E-state index contributed by atoms with van der Waals surface area (Å²) in [5.74, 6) is -0.906. The number of aryl methyl sites for hydroxylation is 1. The molecule has 1 aliphatic carbocycles. The summed E-state index contributed by atoms with van der Waals surface area (Å²) in [5, 5.41) is 5.61. The molecule has 1 heterocycles. The van der Waals surface area contributed by atoms with E-state index in [4.69, 9.17) is 0 Å². The van der Waals surface area contributed by atoms with E-state index in [0.717, 1.165) is 11.3 Å². The van der Waals surface area contributed by atoms with E-state index in [2.05, 4.69) is 10.6 Å². The summed E-state index contributed by atoms with van der Waals surface area (Å²) in [6.45, 7) is 1.91. The minimum absolute atomic E-state index is 0.00549. The van der Waals surface area contributed by atoms with Crippen LogP contribution in [0.3, 0.4) is 0 Å². The Morgan fingerprint density at radius 1 is 1.13 bits per heavy atom. The Hall–Kier alpha value is -1.89. The van der Waals surface area contributed by atoms with E-state index < -0.39 is 9.84 Å². The Balaban J connectivity index is 1.52. The Morgan fingerprint density at radius 2 is 1.83 bits per heavy atom. The third-order valence-electron chi connectivity index (χ3n) is 4.45. The third-order valence-corrected chi connectivity index (χ3v) is 6.21. The number of amides is 2. The molecular formula is C16H20N2O4S. The number of carbonyl (C=O) groups excluding carboxylic acids is 2. The highest BCUT2D eigenvalue weighted by molar-refractivity contribution is 7.91. The molecule has 124 valence electrons. The van der Waals surface area contributed by atoms with Gasteiger partial charge in [-0.05, 0) is 31.4 Å². The lowest BCUT2D eigenvalue weighted by Gasteiger charge is -2.11. The number of benzene rings is 1. The molecule has 3 rings (SSSR count). The Labute approximate surface area is 135 Å². The first-order valence-electron chi connectivity index (χ1n) is 7.73. The zero-order valence-corrected chi connectivity index (χ0v) is 13.7. The first kappa shape index (κ1) is 16.0. The van der Waals surface area contributed by atoms with Crippen LogP contribution in [0.15, 0.2) is 24.3 Å². The highest BCUT2D eigenvalue weighted by Crippen LogP contribution is 2.40. The van der Waals surface area contributed by atoms with Crippen molar-refractivity contribution in [2.75, 3.05) is 16.8 Å². The third kappa shape index (κ3) is 3.72. The van der Waals surface area contributed by atoms with Gasteiger partial charge >= 0.3 is 0 Å². The predicted octanol–water partition coefficient (Wildman–Crippen LogP) is 0.873. The monoisotopic (exact) mass is 336 g/mol. The average Bonchev–Trinajstić information content (AvgIpc) is 3.21. The van der Waals surface area contributed by atoms with Crippen LogP contribution in [0.4, 0.5) is 5.69 Å².